The first-order valence-electron chi connectivity index (χ1n) is 7.23. The van der Waals surface area contributed by atoms with E-state index < -0.39 is 5.60 Å². The van der Waals surface area contributed by atoms with Gasteiger partial charge in [0.1, 0.15) is 0 Å². The van der Waals surface area contributed by atoms with Crippen LogP contribution in [0.1, 0.15) is 52.9 Å². The van der Waals surface area contributed by atoms with E-state index in [2.05, 4.69) is 17.6 Å². The standard InChI is InChI=1S/C14H28N2O2/c1-4-13(8-7-9-15-10-13)12(17)16-11-14(18,5-2)6-3/h15,18H,4-11H2,1-3H3,(H,16,17). The molecule has 0 saturated carbocycles. The summed E-state index contributed by atoms with van der Waals surface area (Å²) in [6.07, 6.45) is 4.18. The topological polar surface area (TPSA) is 61.4 Å². The molecule has 1 heterocycles. The maximum atomic E-state index is 12.4. The van der Waals surface area contributed by atoms with Crippen LogP contribution in [0.4, 0.5) is 0 Å². The molecule has 0 spiro atoms. The highest BCUT2D eigenvalue weighted by atomic mass is 16.3. The maximum absolute atomic E-state index is 12.4. The first-order chi connectivity index (χ1) is 8.52. The average molecular weight is 256 g/mol. The fourth-order valence-electron chi connectivity index (χ4n) is 2.56. The zero-order valence-corrected chi connectivity index (χ0v) is 12.0. The smallest absolute Gasteiger partial charge is 0.227 e. The van der Waals surface area contributed by atoms with E-state index in [4.69, 9.17) is 0 Å². The Morgan fingerprint density at radius 3 is 2.50 bits per heavy atom. The van der Waals surface area contributed by atoms with Crippen LogP contribution in [0.3, 0.4) is 0 Å². The molecule has 1 atom stereocenters. The van der Waals surface area contributed by atoms with Gasteiger partial charge in [-0.2, -0.15) is 0 Å². The van der Waals surface area contributed by atoms with Gasteiger partial charge in [0.15, 0.2) is 0 Å². The minimum atomic E-state index is -0.757. The van der Waals surface area contributed by atoms with E-state index in [9.17, 15) is 9.90 Å². The Bertz CT molecular complexity index is 269. The lowest BCUT2D eigenvalue weighted by Crippen LogP contribution is -2.53. The molecule has 3 N–H and O–H groups in total. The lowest BCUT2D eigenvalue weighted by molar-refractivity contribution is -0.133. The van der Waals surface area contributed by atoms with E-state index in [-0.39, 0.29) is 11.3 Å². The van der Waals surface area contributed by atoms with Crippen LogP contribution in [0.15, 0.2) is 0 Å². The molecule has 4 nitrogen and oxygen atoms in total. The molecule has 1 fully saturated rings. The minimum absolute atomic E-state index is 0.0949. The first kappa shape index (κ1) is 15.4. The molecule has 0 aliphatic carbocycles. The average Bonchev–Trinajstić information content (AvgIpc) is 2.45. The summed E-state index contributed by atoms with van der Waals surface area (Å²) in [7, 11) is 0. The zero-order valence-electron chi connectivity index (χ0n) is 12.0. The van der Waals surface area contributed by atoms with Gasteiger partial charge < -0.3 is 15.7 Å². The van der Waals surface area contributed by atoms with Crippen molar-refractivity contribution in [2.75, 3.05) is 19.6 Å². The van der Waals surface area contributed by atoms with E-state index in [0.29, 0.717) is 19.4 Å². The van der Waals surface area contributed by atoms with Gasteiger partial charge in [-0.25, -0.2) is 0 Å². The molecule has 18 heavy (non-hydrogen) atoms. The van der Waals surface area contributed by atoms with Crippen molar-refractivity contribution < 1.29 is 9.90 Å². The summed E-state index contributed by atoms with van der Waals surface area (Å²) in [6.45, 7) is 8.09. The highest BCUT2D eigenvalue weighted by Crippen LogP contribution is 2.30. The second-order valence-electron chi connectivity index (χ2n) is 5.53. The van der Waals surface area contributed by atoms with Crippen molar-refractivity contribution in [3.05, 3.63) is 0 Å². The van der Waals surface area contributed by atoms with Crippen molar-refractivity contribution >= 4 is 5.91 Å². The van der Waals surface area contributed by atoms with E-state index in [1.54, 1.807) is 0 Å². The Balaban J connectivity index is 2.57. The van der Waals surface area contributed by atoms with Crippen molar-refractivity contribution in [1.82, 2.24) is 10.6 Å². The highest BCUT2D eigenvalue weighted by molar-refractivity contribution is 5.83. The van der Waals surface area contributed by atoms with Gasteiger partial charge in [-0.05, 0) is 38.6 Å². The molecular weight excluding hydrogens is 228 g/mol. The Morgan fingerprint density at radius 2 is 2.06 bits per heavy atom. The fourth-order valence-corrected chi connectivity index (χ4v) is 2.56. The number of carbonyl (C=O) groups excluding carboxylic acids is 1. The molecule has 1 unspecified atom stereocenters. The van der Waals surface area contributed by atoms with Crippen LogP contribution in [-0.4, -0.2) is 36.2 Å². The molecule has 0 bridgehead atoms. The summed E-state index contributed by atoms with van der Waals surface area (Å²) in [5.41, 5.74) is -1.03. The molecule has 1 saturated heterocycles. The van der Waals surface area contributed by atoms with E-state index in [0.717, 1.165) is 32.4 Å². The van der Waals surface area contributed by atoms with Gasteiger partial charge >= 0.3 is 0 Å². The van der Waals surface area contributed by atoms with Crippen molar-refractivity contribution in [1.29, 1.82) is 0 Å². The van der Waals surface area contributed by atoms with Crippen LogP contribution >= 0.6 is 0 Å². The van der Waals surface area contributed by atoms with Gasteiger partial charge in [0.05, 0.1) is 11.0 Å². The predicted octanol–water partition coefficient (Wildman–Crippen LogP) is 1.43. The molecule has 1 aliphatic heterocycles. The van der Waals surface area contributed by atoms with Crippen molar-refractivity contribution in [2.45, 2.75) is 58.5 Å². The van der Waals surface area contributed by atoms with Crippen LogP contribution in [0.2, 0.25) is 0 Å². The van der Waals surface area contributed by atoms with Gasteiger partial charge in [0, 0.05) is 13.1 Å². The monoisotopic (exact) mass is 256 g/mol. The van der Waals surface area contributed by atoms with Crippen molar-refractivity contribution in [3.63, 3.8) is 0 Å². The molecule has 0 aromatic heterocycles. The molecule has 0 aromatic rings. The Kier molecular flexibility index (Phi) is 5.60. The highest BCUT2D eigenvalue weighted by Gasteiger charge is 2.38. The van der Waals surface area contributed by atoms with E-state index in [1.807, 2.05) is 13.8 Å². The predicted molar refractivity (Wildman–Crippen MR) is 73.4 cm³/mol. The lowest BCUT2D eigenvalue weighted by atomic mass is 9.77. The molecule has 1 rings (SSSR count). The number of amides is 1. The van der Waals surface area contributed by atoms with Gasteiger partial charge in [0.2, 0.25) is 5.91 Å². The third-order valence-electron chi connectivity index (χ3n) is 4.52. The van der Waals surface area contributed by atoms with Crippen LogP contribution < -0.4 is 10.6 Å². The summed E-state index contributed by atoms with van der Waals surface area (Å²) >= 11 is 0. The van der Waals surface area contributed by atoms with Gasteiger partial charge in [0.25, 0.3) is 0 Å². The quantitative estimate of drug-likeness (QED) is 0.674. The second-order valence-corrected chi connectivity index (χ2v) is 5.53. The van der Waals surface area contributed by atoms with E-state index >= 15 is 0 Å². The van der Waals surface area contributed by atoms with Gasteiger partial charge in [-0.3, -0.25) is 4.79 Å². The molecule has 1 aliphatic rings. The summed E-state index contributed by atoms with van der Waals surface area (Å²) in [5, 5.41) is 16.5. The Morgan fingerprint density at radius 1 is 1.39 bits per heavy atom. The maximum Gasteiger partial charge on any atom is 0.227 e. The number of nitrogens with one attached hydrogen (secondary N) is 2. The third-order valence-corrected chi connectivity index (χ3v) is 4.52. The summed E-state index contributed by atoms with van der Waals surface area (Å²) < 4.78 is 0. The zero-order chi connectivity index (χ0) is 13.6. The number of rotatable bonds is 6. The van der Waals surface area contributed by atoms with Crippen molar-refractivity contribution in [2.24, 2.45) is 5.41 Å². The first-order valence-corrected chi connectivity index (χ1v) is 7.23. The molecule has 0 radical (unpaired) electrons. The van der Waals surface area contributed by atoms with Crippen molar-refractivity contribution in [3.8, 4) is 0 Å². The van der Waals surface area contributed by atoms with Gasteiger partial charge in [-0.15, -0.1) is 0 Å². The number of carbonyl (C=O) groups is 1. The van der Waals surface area contributed by atoms with Crippen LogP contribution in [0.25, 0.3) is 0 Å². The van der Waals surface area contributed by atoms with Crippen LogP contribution in [0, 0.1) is 5.41 Å². The SMILES string of the molecule is CCC(O)(CC)CNC(=O)C1(CC)CCCNC1. The molecular formula is C14H28N2O2. The van der Waals surface area contributed by atoms with Crippen LogP contribution in [-0.2, 0) is 4.79 Å². The van der Waals surface area contributed by atoms with Crippen LogP contribution in [0.5, 0.6) is 0 Å². The molecule has 1 amide bonds. The van der Waals surface area contributed by atoms with E-state index in [1.165, 1.54) is 0 Å². The molecule has 0 aromatic carbocycles. The number of aliphatic hydroxyl groups is 1. The number of piperidine rings is 1. The summed E-state index contributed by atoms with van der Waals surface area (Å²) in [4.78, 5) is 12.4. The van der Waals surface area contributed by atoms with Gasteiger partial charge in [-0.1, -0.05) is 20.8 Å². The lowest BCUT2D eigenvalue weighted by Gasteiger charge is -2.36. The number of hydrogen-bond acceptors (Lipinski definition) is 3. The largest absolute Gasteiger partial charge is 0.388 e. The summed E-state index contributed by atoms with van der Waals surface area (Å²) in [5.74, 6) is 0.0949. The third kappa shape index (κ3) is 3.45. The normalized spacial score (nSPS) is 24.9. The fraction of sp³-hybridized carbons (Fsp3) is 0.929. The molecule has 4 heteroatoms. The Labute approximate surface area is 111 Å². The Hall–Kier alpha value is -0.610. The number of hydrogen-bond donors (Lipinski definition) is 3. The molecule has 106 valence electrons. The minimum Gasteiger partial charge on any atom is -0.388 e. The second kappa shape index (κ2) is 6.53. The summed E-state index contributed by atoms with van der Waals surface area (Å²) in [6, 6.07) is 0.